The van der Waals surface area contributed by atoms with Crippen LogP contribution in [0, 0.1) is 5.92 Å². The fourth-order valence-corrected chi connectivity index (χ4v) is 2.65. The van der Waals surface area contributed by atoms with Crippen LogP contribution in [-0.4, -0.2) is 18.6 Å². The molecule has 1 aromatic carbocycles. The summed E-state index contributed by atoms with van der Waals surface area (Å²) in [5.74, 6) is 0.937. The van der Waals surface area contributed by atoms with Crippen LogP contribution in [0.5, 0.6) is 0 Å². The van der Waals surface area contributed by atoms with E-state index >= 15 is 0 Å². The fourth-order valence-electron chi connectivity index (χ4n) is 2.65. The van der Waals surface area contributed by atoms with Crippen LogP contribution in [0.1, 0.15) is 45.1 Å². The molecule has 104 valence electrons. The zero-order valence-corrected chi connectivity index (χ0v) is 12.2. The summed E-state index contributed by atoms with van der Waals surface area (Å²) in [6.45, 7) is 6.88. The van der Waals surface area contributed by atoms with E-state index < -0.39 is 0 Å². The van der Waals surface area contributed by atoms with Crippen molar-refractivity contribution in [1.29, 1.82) is 0 Å². The van der Waals surface area contributed by atoms with Gasteiger partial charge in [-0.25, -0.2) is 0 Å². The molecule has 0 heterocycles. The molecule has 2 aliphatic rings. The molecule has 0 aliphatic heterocycles. The number of anilines is 1. The molecule has 2 heteroatoms. The average molecular weight is 258 g/mol. The van der Waals surface area contributed by atoms with Crippen molar-refractivity contribution in [3.05, 3.63) is 29.8 Å². The summed E-state index contributed by atoms with van der Waals surface area (Å²) in [7, 11) is 0. The molecule has 3 rings (SSSR count). The summed E-state index contributed by atoms with van der Waals surface area (Å²) in [4.78, 5) is 2.60. The number of para-hydroxylation sites is 1. The van der Waals surface area contributed by atoms with Crippen LogP contribution in [0.15, 0.2) is 24.3 Å². The molecule has 0 amide bonds. The Morgan fingerprint density at radius 2 is 1.89 bits per heavy atom. The minimum atomic E-state index is 0.586. The van der Waals surface area contributed by atoms with Crippen LogP contribution >= 0.6 is 0 Å². The van der Waals surface area contributed by atoms with Crippen molar-refractivity contribution in [2.24, 2.45) is 5.92 Å². The Balaban J connectivity index is 1.74. The van der Waals surface area contributed by atoms with E-state index in [-0.39, 0.29) is 0 Å². The Morgan fingerprint density at radius 1 is 1.16 bits per heavy atom. The summed E-state index contributed by atoms with van der Waals surface area (Å²) >= 11 is 0. The number of hydrogen-bond donors (Lipinski definition) is 1. The van der Waals surface area contributed by atoms with Gasteiger partial charge in [-0.2, -0.15) is 0 Å². The van der Waals surface area contributed by atoms with E-state index in [0.29, 0.717) is 6.04 Å². The average Bonchev–Trinajstić information content (AvgIpc) is 3.27. The van der Waals surface area contributed by atoms with Gasteiger partial charge in [-0.3, -0.25) is 0 Å². The van der Waals surface area contributed by atoms with Crippen molar-refractivity contribution in [2.45, 2.75) is 58.2 Å². The molecule has 1 N–H and O–H groups in total. The lowest BCUT2D eigenvalue weighted by Crippen LogP contribution is -2.34. The van der Waals surface area contributed by atoms with Gasteiger partial charge in [0.2, 0.25) is 0 Å². The highest BCUT2D eigenvalue weighted by Crippen LogP contribution is 2.33. The molecular weight excluding hydrogens is 232 g/mol. The van der Waals surface area contributed by atoms with Crippen molar-refractivity contribution < 1.29 is 0 Å². The first kappa shape index (κ1) is 13.0. The summed E-state index contributed by atoms with van der Waals surface area (Å²) in [5, 5.41) is 3.65. The molecule has 0 radical (unpaired) electrons. The second-order valence-electron chi connectivity index (χ2n) is 6.47. The van der Waals surface area contributed by atoms with Crippen molar-refractivity contribution in [3.63, 3.8) is 0 Å². The van der Waals surface area contributed by atoms with Crippen LogP contribution in [0.4, 0.5) is 5.69 Å². The summed E-state index contributed by atoms with van der Waals surface area (Å²) in [6.07, 6.45) is 5.56. The maximum Gasteiger partial charge on any atom is 0.0414 e. The third-order valence-corrected chi connectivity index (χ3v) is 4.23. The van der Waals surface area contributed by atoms with Gasteiger partial charge < -0.3 is 10.2 Å². The third-order valence-electron chi connectivity index (χ3n) is 4.23. The first-order valence-corrected chi connectivity index (χ1v) is 7.82. The maximum atomic E-state index is 3.65. The van der Waals surface area contributed by atoms with Gasteiger partial charge in [0.1, 0.15) is 0 Å². The Hall–Kier alpha value is -1.02. The van der Waals surface area contributed by atoms with E-state index in [0.717, 1.165) is 18.5 Å². The molecule has 0 atom stereocenters. The molecule has 2 aliphatic carbocycles. The van der Waals surface area contributed by atoms with E-state index in [1.54, 1.807) is 0 Å². The van der Waals surface area contributed by atoms with Crippen molar-refractivity contribution in [1.82, 2.24) is 5.32 Å². The Bertz CT molecular complexity index is 419. The first-order valence-electron chi connectivity index (χ1n) is 7.82. The highest BCUT2D eigenvalue weighted by atomic mass is 15.2. The predicted molar refractivity (Wildman–Crippen MR) is 81.5 cm³/mol. The largest absolute Gasteiger partial charge is 0.369 e. The molecule has 2 saturated carbocycles. The molecular formula is C17H26N2. The van der Waals surface area contributed by atoms with Gasteiger partial charge in [-0.1, -0.05) is 18.2 Å². The number of nitrogens with zero attached hydrogens (tertiary/aromatic N) is 1. The van der Waals surface area contributed by atoms with Crippen LogP contribution in [0.2, 0.25) is 0 Å². The summed E-state index contributed by atoms with van der Waals surface area (Å²) < 4.78 is 0. The zero-order chi connectivity index (χ0) is 13.2. The number of rotatable bonds is 7. The van der Waals surface area contributed by atoms with Crippen molar-refractivity contribution in [2.75, 3.05) is 11.4 Å². The molecule has 2 nitrogen and oxygen atoms in total. The monoisotopic (exact) mass is 258 g/mol. The van der Waals surface area contributed by atoms with Gasteiger partial charge in [0, 0.05) is 30.9 Å². The van der Waals surface area contributed by atoms with E-state index in [2.05, 4.69) is 48.3 Å². The highest BCUT2D eigenvalue weighted by molar-refractivity contribution is 5.54. The van der Waals surface area contributed by atoms with Crippen LogP contribution in [0.25, 0.3) is 0 Å². The minimum absolute atomic E-state index is 0.586. The summed E-state index contributed by atoms with van der Waals surface area (Å²) in [5.41, 5.74) is 2.90. The number of benzene rings is 1. The SMILES string of the molecule is CC(C)N(CC1CC1)c1ccccc1CNC1CC1. The lowest BCUT2D eigenvalue weighted by atomic mass is 10.1. The van der Waals surface area contributed by atoms with Gasteiger partial charge in [0.25, 0.3) is 0 Å². The molecule has 19 heavy (non-hydrogen) atoms. The van der Waals surface area contributed by atoms with Crippen LogP contribution in [0.3, 0.4) is 0 Å². The molecule has 0 unspecified atom stereocenters. The molecule has 2 fully saturated rings. The first-order chi connectivity index (χ1) is 9.24. The van der Waals surface area contributed by atoms with E-state index in [1.165, 1.54) is 43.5 Å². The second kappa shape index (κ2) is 5.54. The summed E-state index contributed by atoms with van der Waals surface area (Å²) in [6, 6.07) is 10.3. The topological polar surface area (TPSA) is 15.3 Å². The zero-order valence-electron chi connectivity index (χ0n) is 12.2. The number of nitrogens with one attached hydrogen (secondary N) is 1. The number of hydrogen-bond acceptors (Lipinski definition) is 2. The van der Waals surface area contributed by atoms with Gasteiger partial charge in [-0.05, 0) is 57.1 Å². The fraction of sp³-hybridized carbons (Fsp3) is 0.647. The Morgan fingerprint density at radius 3 is 2.53 bits per heavy atom. The quantitative estimate of drug-likeness (QED) is 0.804. The molecule has 0 bridgehead atoms. The highest BCUT2D eigenvalue weighted by Gasteiger charge is 2.27. The smallest absolute Gasteiger partial charge is 0.0414 e. The van der Waals surface area contributed by atoms with E-state index in [9.17, 15) is 0 Å². The minimum Gasteiger partial charge on any atom is -0.369 e. The van der Waals surface area contributed by atoms with E-state index in [4.69, 9.17) is 0 Å². The standard InChI is InChI=1S/C17H26N2/c1-13(2)19(12-14-7-8-14)17-6-4-3-5-15(17)11-18-16-9-10-16/h3-6,13-14,16,18H,7-12H2,1-2H3. The maximum absolute atomic E-state index is 3.65. The van der Waals surface area contributed by atoms with E-state index in [1.807, 2.05) is 0 Å². The Labute approximate surface area is 117 Å². The molecule has 0 aromatic heterocycles. The van der Waals surface area contributed by atoms with Gasteiger partial charge >= 0.3 is 0 Å². The van der Waals surface area contributed by atoms with Gasteiger partial charge in [0.05, 0.1) is 0 Å². The van der Waals surface area contributed by atoms with Gasteiger partial charge in [-0.15, -0.1) is 0 Å². The predicted octanol–water partition coefficient (Wildman–Crippen LogP) is 3.56. The second-order valence-corrected chi connectivity index (χ2v) is 6.47. The molecule has 1 aromatic rings. The molecule has 0 spiro atoms. The Kier molecular flexibility index (Phi) is 3.79. The van der Waals surface area contributed by atoms with Gasteiger partial charge in [0.15, 0.2) is 0 Å². The van der Waals surface area contributed by atoms with Crippen LogP contribution < -0.4 is 10.2 Å². The molecule has 0 saturated heterocycles. The normalized spacial score (nSPS) is 18.9. The lowest BCUT2D eigenvalue weighted by Gasteiger charge is -2.31. The lowest BCUT2D eigenvalue weighted by molar-refractivity contribution is 0.632. The van der Waals surface area contributed by atoms with Crippen LogP contribution in [-0.2, 0) is 6.54 Å². The van der Waals surface area contributed by atoms with Crippen molar-refractivity contribution in [3.8, 4) is 0 Å². The third kappa shape index (κ3) is 3.50. The van der Waals surface area contributed by atoms with Crippen molar-refractivity contribution >= 4 is 5.69 Å².